The van der Waals surface area contributed by atoms with Crippen LogP contribution < -0.4 is 4.74 Å². The van der Waals surface area contributed by atoms with Gasteiger partial charge < -0.3 is 14.7 Å². The van der Waals surface area contributed by atoms with Crippen LogP contribution in [0.3, 0.4) is 0 Å². The third kappa shape index (κ3) is 4.37. The number of ether oxygens (including phenoxy) is 1. The maximum Gasteiger partial charge on any atom is 0.339 e. The highest BCUT2D eigenvalue weighted by molar-refractivity contribution is 5.90. The lowest BCUT2D eigenvalue weighted by molar-refractivity contribution is 0.0692. The summed E-state index contributed by atoms with van der Waals surface area (Å²) in [6.45, 7) is 7.83. The van der Waals surface area contributed by atoms with Gasteiger partial charge in [-0.2, -0.15) is 0 Å². The van der Waals surface area contributed by atoms with E-state index in [1.165, 1.54) is 0 Å². The second-order valence-corrected chi connectivity index (χ2v) is 4.03. The highest BCUT2D eigenvalue weighted by Crippen LogP contribution is 2.17. The number of rotatable bonds is 8. The van der Waals surface area contributed by atoms with Crippen molar-refractivity contribution in [2.75, 3.05) is 26.2 Å². The first-order chi connectivity index (χ1) is 8.69. The molecule has 0 atom stereocenters. The van der Waals surface area contributed by atoms with E-state index in [1.54, 1.807) is 24.3 Å². The molecule has 0 bridgehead atoms. The summed E-state index contributed by atoms with van der Waals surface area (Å²) in [4.78, 5) is 13.3. The lowest BCUT2D eigenvalue weighted by Gasteiger charge is -2.17. The van der Waals surface area contributed by atoms with Gasteiger partial charge in [-0.1, -0.05) is 26.0 Å². The molecule has 0 fully saturated rings. The van der Waals surface area contributed by atoms with Gasteiger partial charge in [0.1, 0.15) is 11.3 Å². The van der Waals surface area contributed by atoms with Crippen LogP contribution in [-0.2, 0) is 0 Å². The first-order valence-electron chi connectivity index (χ1n) is 6.36. The minimum absolute atomic E-state index is 0.223. The molecular weight excluding hydrogens is 230 g/mol. The van der Waals surface area contributed by atoms with Crippen LogP contribution in [0.2, 0.25) is 0 Å². The lowest BCUT2D eigenvalue weighted by atomic mass is 10.2. The number of benzene rings is 1. The summed E-state index contributed by atoms with van der Waals surface area (Å²) in [6, 6.07) is 6.74. The molecule has 18 heavy (non-hydrogen) atoms. The molecule has 0 spiro atoms. The van der Waals surface area contributed by atoms with Crippen molar-refractivity contribution < 1.29 is 14.6 Å². The van der Waals surface area contributed by atoms with Crippen LogP contribution in [0.4, 0.5) is 0 Å². The van der Waals surface area contributed by atoms with E-state index >= 15 is 0 Å². The Hall–Kier alpha value is -1.55. The zero-order chi connectivity index (χ0) is 13.4. The van der Waals surface area contributed by atoms with E-state index in [0.29, 0.717) is 12.4 Å². The molecular formula is C14H21NO3. The predicted octanol–water partition coefficient (Wildman–Crippen LogP) is 2.50. The van der Waals surface area contributed by atoms with Crippen LogP contribution in [0, 0.1) is 0 Å². The van der Waals surface area contributed by atoms with Gasteiger partial charge in [-0.3, -0.25) is 0 Å². The zero-order valence-corrected chi connectivity index (χ0v) is 11.1. The van der Waals surface area contributed by atoms with E-state index in [-0.39, 0.29) is 5.56 Å². The van der Waals surface area contributed by atoms with Crippen LogP contribution in [0.15, 0.2) is 24.3 Å². The standard InChI is InChI=1S/C14H21NO3/c1-3-15(4-2)10-7-11-18-13-9-6-5-8-12(13)14(16)17/h5-6,8-9H,3-4,7,10-11H2,1-2H3,(H,16,17). The third-order valence-corrected chi connectivity index (χ3v) is 2.89. The van der Waals surface area contributed by atoms with Gasteiger partial charge in [-0.05, 0) is 31.6 Å². The predicted molar refractivity (Wildman–Crippen MR) is 71.3 cm³/mol. The third-order valence-electron chi connectivity index (χ3n) is 2.89. The van der Waals surface area contributed by atoms with Crippen LogP contribution in [0.25, 0.3) is 0 Å². The van der Waals surface area contributed by atoms with E-state index in [9.17, 15) is 4.79 Å². The number of hydrogen-bond acceptors (Lipinski definition) is 3. The molecule has 0 heterocycles. The van der Waals surface area contributed by atoms with Gasteiger partial charge in [0, 0.05) is 6.54 Å². The van der Waals surface area contributed by atoms with E-state index < -0.39 is 5.97 Å². The summed E-state index contributed by atoms with van der Waals surface area (Å²) in [6.07, 6.45) is 0.898. The average Bonchev–Trinajstić information content (AvgIpc) is 2.39. The summed E-state index contributed by atoms with van der Waals surface area (Å²) >= 11 is 0. The molecule has 1 rings (SSSR count). The fourth-order valence-corrected chi connectivity index (χ4v) is 1.78. The van der Waals surface area contributed by atoms with E-state index in [0.717, 1.165) is 26.1 Å². The minimum atomic E-state index is -0.950. The Morgan fingerprint density at radius 2 is 1.94 bits per heavy atom. The maximum atomic E-state index is 11.0. The van der Waals surface area contributed by atoms with Crippen molar-refractivity contribution in [3.05, 3.63) is 29.8 Å². The fraction of sp³-hybridized carbons (Fsp3) is 0.500. The summed E-state index contributed by atoms with van der Waals surface area (Å²) < 4.78 is 5.53. The maximum absolute atomic E-state index is 11.0. The summed E-state index contributed by atoms with van der Waals surface area (Å²) in [7, 11) is 0. The molecule has 1 N–H and O–H groups in total. The number of carboxylic acid groups (broad SMARTS) is 1. The fourth-order valence-electron chi connectivity index (χ4n) is 1.78. The molecule has 0 aliphatic heterocycles. The summed E-state index contributed by atoms with van der Waals surface area (Å²) in [5.74, 6) is -0.501. The average molecular weight is 251 g/mol. The molecule has 4 heteroatoms. The van der Waals surface area contributed by atoms with Crippen molar-refractivity contribution in [3.8, 4) is 5.75 Å². The van der Waals surface area contributed by atoms with Crippen molar-refractivity contribution in [1.82, 2.24) is 4.90 Å². The lowest BCUT2D eigenvalue weighted by Crippen LogP contribution is -2.25. The zero-order valence-electron chi connectivity index (χ0n) is 11.1. The number of carboxylic acids is 1. The van der Waals surface area contributed by atoms with Crippen LogP contribution in [0.1, 0.15) is 30.6 Å². The van der Waals surface area contributed by atoms with Crippen molar-refractivity contribution in [2.45, 2.75) is 20.3 Å². The molecule has 0 saturated carbocycles. The van der Waals surface area contributed by atoms with Crippen molar-refractivity contribution in [2.24, 2.45) is 0 Å². The first kappa shape index (κ1) is 14.5. The number of carbonyl (C=O) groups is 1. The van der Waals surface area contributed by atoms with Crippen LogP contribution >= 0.6 is 0 Å². The van der Waals surface area contributed by atoms with Crippen molar-refractivity contribution in [3.63, 3.8) is 0 Å². The molecule has 0 unspecified atom stereocenters. The van der Waals surface area contributed by atoms with Crippen LogP contribution in [0.5, 0.6) is 5.75 Å². The van der Waals surface area contributed by atoms with Gasteiger partial charge in [0.2, 0.25) is 0 Å². The number of para-hydroxylation sites is 1. The highest BCUT2D eigenvalue weighted by atomic mass is 16.5. The minimum Gasteiger partial charge on any atom is -0.493 e. The number of hydrogen-bond donors (Lipinski definition) is 1. The molecule has 1 aromatic rings. The Labute approximate surface area is 108 Å². The Kier molecular flexibility index (Phi) is 6.22. The van der Waals surface area contributed by atoms with E-state index in [4.69, 9.17) is 9.84 Å². The first-order valence-corrected chi connectivity index (χ1v) is 6.36. The van der Waals surface area contributed by atoms with Crippen molar-refractivity contribution >= 4 is 5.97 Å². The van der Waals surface area contributed by atoms with E-state index in [1.807, 2.05) is 0 Å². The second kappa shape index (κ2) is 7.71. The summed E-state index contributed by atoms with van der Waals surface area (Å²) in [5.41, 5.74) is 0.223. The quantitative estimate of drug-likeness (QED) is 0.721. The molecule has 0 aliphatic rings. The van der Waals surface area contributed by atoms with Crippen LogP contribution in [-0.4, -0.2) is 42.2 Å². The molecule has 0 radical (unpaired) electrons. The largest absolute Gasteiger partial charge is 0.493 e. The molecule has 0 aliphatic carbocycles. The van der Waals surface area contributed by atoms with Gasteiger partial charge in [0.15, 0.2) is 0 Å². The summed E-state index contributed by atoms with van der Waals surface area (Å²) in [5, 5.41) is 9.00. The number of aromatic carboxylic acids is 1. The molecule has 0 amide bonds. The normalized spacial score (nSPS) is 10.6. The van der Waals surface area contributed by atoms with Gasteiger partial charge in [0.05, 0.1) is 6.61 Å². The second-order valence-electron chi connectivity index (χ2n) is 4.03. The van der Waals surface area contributed by atoms with Crippen molar-refractivity contribution in [1.29, 1.82) is 0 Å². The molecule has 0 aromatic heterocycles. The van der Waals surface area contributed by atoms with Gasteiger partial charge in [-0.15, -0.1) is 0 Å². The monoisotopic (exact) mass is 251 g/mol. The SMILES string of the molecule is CCN(CC)CCCOc1ccccc1C(=O)O. The van der Waals surface area contributed by atoms with Gasteiger partial charge >= 0.3 is 5.97 Å². The Morgan fingerprint density at radius 3 is 2.56 bits per heavy atom. The van der Waals surface area contributed by atoms with E-state index in [2.05, 4.69) is 18.7 Å². The molecule has 100 valence electrons. The molecule has 1 aromatic carbocycles. The van der Waals surface area contributed by atoms with Gasteiger partial charge in [-0.25, -0.2) is 4.79 Å². The van der Waals surface area contributed by atoms with Gasteiger partial charge in [0.25, 0.3) is 0 Å². The molecule has 4 nitrogen and oxygen atoms in total. The Bertz CT molecular complexity index is 375. The Morgan fingerprint density at radius 1 is 1.28 bits per heavy atom. The number of nitrogens with zero attached hydrogens (tertiary/aromatic N) is 1. The highest BCUT2D eigenvalue weighted by Gasteiger charge is 2.09. The smallest absolute Gasteiger partial charge is 0.339 e. The molecule has 0 saturated heterocycles. The Balaban J connectivity index is 2.42. The topological polar surface area (TPSA) is 49.8 Å².